The maximum Gasteiger partial charge on any atom is 0.471 e. The summed E-state index contributed by atoms with van der Waals surface area (Å²) < 4.78 is 37.5. The molecule has 1 aliphatic heterocycles. The van der Waals surface area contributed by atoms with Gasteiger partial charge in [0.25, 0.3) is 0 Å². The number of nitrogens with two attached hydrogens (primary N) is 1. The number of hydrogen-bond acceptors (Lipinski definition) is 6. The van der Waals surface area contributed by atoms with E-state index in [4.69, 9.17) is 5.73 Å². The molecule has 1 aromatic carbocycles. The van der Waals surface area contributed by atoms with Crippen LogP contribution in [0, 0.1) is 34.5 Å². The summed E-state index contributed by atoms with van der Waals surface area (Å²) in [7, 11) is 0. The summed E-state index contributed by atoms with van der Waals surface area (Å²) in [5, 5.41) is 15.3. The number of halogens is 3. The van der Waals surface area contributed by atoms with Crippen LogP contribution in [0.1, 0.15) is 46.2 Å². The normalized spacial score (nSPS) is 21.7. The van der Waals surface area contributed by atoms with Crippen LogP contribution in [-0.2, 0) is 14.4 Å². The largest absolute Gasteiger partial charge is 0.471 e. The van der Waals surface area contributed by atoms with Gasteiger partial charge in [-0.2, -0.15) is 18.4 Å². The van der Waals surface area contributed by atoms with E-state index in [0.717, 1.165) is 5.92 Å². The van der Waals surface area contributed by atoms with Crippen LogP contribution in [0.15, 0.2) is 30.5 Å². The molecule has 0 spiro atoms. The van der Waals surface area contributed by atoms with Gasteiger partial charge in [-0.15, -0.1) is 0 Å². The molecule has 2 aliphatic rings. The van der Waals surface area contributed by atoms with Gasteiger partial charge < -0.3 is 21.3 Å². The molecular weight excluding hydrogens is 513 g/mol. The number of rotatable bonds is 5. The minimum atomic E-state index is -5.12. The maximum absolute atomic E-state index is 13.4. The van der Waals surface area contributed by atoms with Crippen molar-refractivity contribution in [2.75, 3.05) is 18.8 Å². The molecule has 2 heterocycles. The Morgan fingerprint density at radius 1 is 1.21 bits per heavy atom. The van der Waals surface area contributed by atoms with Crippen LogP contribution in [0.4, 0.5) is 19.0 Å². The Morgan fingerprint density at radius 2 is 1.79 bits per heavy atom. The Bertz CT molecular complexity index is 1300. The van der Waals surface area contributed by atoms with Crippen molar-refractivity contribution in [2.45, 2.75) is 52.9 Å². The predicted molar refractivity (Wildman–Crippen MR) is 138 cm³/mol. The Balaban J connectivity index is 0.000000983. The van der Waals surface area contributed by atoms with Gasteiger partial charge in [0.1, 0.15) is 17.9 Å². The number of carbonyl (C=O) groups excluding carboxylic acids is 3. The van der Waals surface area contributed by atoms with E-state index in [9.17, 15) is 32.8 Å². The molecule has 1 aliphatic carbocycles. The van der Waals surface area contributed by atoms with Crippen molar-refractivity contribution in [1.29, 1.82) is 5.26 Å². The molecule has 39 heavy (non-hydrogen) atoms. The average molecular weight is 547 g/mol. The van der Waals surface area contributed by atoms with Gasteiger partial charge in [0, 0.05) is 23.7 Å². The first-order valence-corrected chi connectivity index (χ1v) is 12.6. The lowest BCUT2D eigenvalue weighted by atomic mass is 9.98. The summed E-state index contributed by atoms with van der Waals surface area (Å²) in [6.45, 7) is 9.65. The number of benzene rings is 1. The van der Waals surface area contributed by atoms with Gasteiger partial charge in [0.15, 0.2) is 0 Å². The smallest absolute Gasteiger partial charge is 0.383 e. The second-order valence-electron chi connectivity index (χ2n) is 11.1. The van der Waals surface area contributed by atoms with E-state index in [0.29, 0.717) is 16.3 Å². The van der Waals surface area contributed by atoms with Crippen molar-refractivity contribution >= 4 is 34.3 Å². The van der Waals surface area contributed by atoms with Crippen molar-refractivity contribution in [3.8, 4) is 6.07 Å². The predicted octanol–water partition coefficient (Wildman–Crippen LogP) is 3.32. The number of piperidine rings is 1. The van der Waals surface area contributed by atoms with Crippen LogP contribution in [-0.4, -0.2) is 52.9 Å². The molecule has 9 nitrogen and oxygen atoms in total. The number of nitriles is 1. The molecule has 2 fully saturated rings. The minimum Gasteiger partial charge on any atom is -0.383 e. The number of carbonyl (C=O) groups is 3. The summed E-state index contributed by atoms with van der Waals surface area (Å²) in [6, 6.07) is 6.94. The molecule has 4 rings (SSSR count). The molecule has 1 saturated heterocycles. The summed E-state index contributed by atoms with van der Waals surface area (Å²) in [4.78, 5) is 42.4. The quantitative estimate of drug-likeness (QED) is 0.525. The molecule has 1 saturated carbocycles. The van der Waals surface area contributed by atoms with E-state index < -0.39 is 42.5 Å². The minimum absolute atomic E-state index is 0.0277. The van der Waals surface area contributed by atoms with Crippen molar-refractivity contribution in [3.05, 3.63) is 36.0 Å². The first kappa shape index (κ1) is 29.7. The van der Waals surface area contributed by atoms with Gasteiger partial charge in [-0.1, -0.05) is 58.9 Å². The zero-order chi connectivity index (χ0) is 29.3. The van der Waals surface area contributed by atoms with E-state index in [-0.39, 0.29) is 29.6 Å². The van der Waals surface area contributed by atoms with Gasteiger partial charge >= 0.3 is 12.1 Å². The van der Waals surface area contributed by atoms with Crippen LogP contribution < -0.4 is 16.4 Å². The molecule has 1 aromatic heterocycles. The second-order valence-corrected chi connectivity index (χ2v) is 11.1. The lowest BCUT2D eigenvalue weighted by Crippen LogP contribution is -2.53. The number of nitrogens with one attached hydrogen (secondary N) is 2. The van der Waals surface area contributed by atoms with E-state index in [1.807, 2.05) is 19.9 Å². The van der Waals surface area contributed by atoms with Crippen molar-refractivity contribution in [3.63, 3.8) is 0 Å². The number of aromatic nitrogens is 1. The average Bonchev–Trinajstić information content (AvgIpc) is 3.17. The maximum atomic E-state index is 13.4. The first-order chi connectivity index (χ1) is 18.1. The lowest BCUT2D eigenvalue weighted by molar-refractivity contribution is -0.174. The van der Waals surface area contributed by atoms with Gasteiger partial charge in [-0.25, -0.2) is 4.98 Å². The van der Waals surface area contributed by atoms with Crippen molar-refractivity contribution < 1.29 is 27.6 Å². The fourth-order valence-electron chi connectivity index (χ4n) is 5.07. The molecule has 210 valence electrons. The summed E-state index contributed by atoms with van der Waals surface area (Å²) in [5.41, 5.74) is 6.09. The van der Waals surface area contributed by atoms with E-state index >= 15 is 0 Å². The first-order valence-electron chi connectivity index (χ1n) is 12.6. The van der Waals surface area contributed by atoms with E-state index in [1.54, 1.807) is 29.6 Å². The summed E-state index contributed by atoms with van der Waals surface area (Å²) in [5.74, 6) is -2.80. The van der Waals surface area contributed by atoms with Gasteiger partial charge in [-0.3, -0.25) is 14.4 Å². The highest BCUT2D eigenvalue weighted by Gasteiger charge is 2.69. The Hall–Kier alpha value is -3.88. The molecule has 4 N–H and O–H groups in total. The number of nitrogens with zero attached hydrogens (tertiary/aromatic N) is 3. The second kappa shape index (κ2) is 11.1. The number of pyridine rings is 1. The third-order valence-electron chi connectivity index (χ3n) is 7.04. The van der Waals surface area contributed by atoms with Crippen LogP contribution in [0.5, 0.6) is 0 Å². The fourth-order valence-corrected chi connectivity index (χ4v) is 5.07. The van der Waals surface area contributed by atoms with Gasteiger partial charge in [0.05, 0.1) is 12.6 Å². The number of alkyl halides is 3. The highest BCUT2D eigenvalue weighted by atomic mass is 19.4. The molecular formula is C27H33F3N6O3. The topological polar surface area (TPSA) is 141 Å². The standard InChI is InChI=1S/C23H23F3N6O3.C4H10/c1-22(2)14-10-32(16(33)9-30-21(35)23(24,25)26)18(17(14)22)20(34)31-15(7-27)13-8-29-19(28)12-6-4-3-5-11(12)13;1-4(2)3/h3-6,8,14-15,17-18H,9-10H2,1-2H3,(H2,28,29)(H,30,35)(H,31,34);4H,1-3H3/t14-,15?,17-,18-;/m0./s1. The molecule has 12 heteroatoms. The monoisotopic (exact) mass is 546 g/mol. The highest BCUT2D eigenvalue weighted by Crippen LogP contribution is 2.64. The van der Waals surface area contributed by atoms with Gasteiger partial charge in [0.2, 0.25) is 11.8 Å². The molecule has 3 amide bonds. The number of hydrogen-bond donors (Lipinski definition) is 3. The van der Waals surface area contributed by atoms with E-state index in [1.165, 1.54) is 11.1 Å². The third-order valence-corrected chi connectivity index (χ3v) is 7.04. The molecule has 2 aromatic rings. The Labute approximate surface area is 224 Å². The number of anilines is 1. The number of nitrogen functional groups attached to an aromatic ring is 1. The SMILES string of the molecule is CC(C)C.CC1(C)[C@@H]2[C@@H](C(=O)NC(C#N)c3cnc(N)c4ccccc34)N(C(=O)CNC(=O)C(F)(F)F)C[C@@H]21. The zero-order valence-corrected chi connectivity index (χ0v) is 22.5. The van der Waals surface area contributed by atoms with Crippen LogP contribution >= 0.6 is 0 Å². The summed E-state index contributed by atoms with van der Waals surface area (Å²) in [6.07, 6.45) is -3.72. The Kier molecular flexibility index (Phi) is 8.43. The third kappa shape index (κ3) is 6.24. The fraction of sp³-hybridized carbons (Fsp3) is 0.519. The number of amides is 3. The lowest BCUT2D eigenvalue weighted by Gasteiger charge is -2.31. The van der Waals surface area contributed by atoms with Gasteiger partial charge in [-0.05, 0) is 28.6 Å². The van der Waals surface area contributed by atoms with Crippen molar-refractivity contribution in [2.24, 2.45) is 23.2 Å². The van der Waals surface area contributed by atoms with Crippen LogP contribution in [0.3, 0.4) is 0 Å². The molecule has 4 atom stereocenters. The van der Waals surface area contributed by atoms with Crippen molar-refractivity contribution in [1.82, 2.24) is 20.5 Å². The van der Waals surface area contributed by atoms with Crippen LogP contribution in [0.25, 0.3) is 10.8 Å². The van der Waals surface area contributed by atoms with Crippen LogP contribution in [0.2, 0.25) is 0 Å². The number of fused-ring (bicyclic) bond motifs is 2. The molecule has 0 bridgehead atoms. The number of likely N-dealkylation sites (tertiary alicyclic amines) is 1. The highest BCUT2D eigenvalue weighted by molar-refractivity contribution is 5.95. The molecule has 0 radical (unpaired) electrons. The van der Waals surface area contributed by atoms with E-state index in [2.05, 4.69) is 31.1 Å². The Morgan fingerprint density at radius 3 is 2.36 bits per heavy atom. The molecule has 1 unspecified atom stereocenters. The zero-order valence-electron chi connectivity index (χ0n) is 22.5. The summed E-state index contributed by atoms with van der Waals surface area (Å²) >= 11 is 0.